The van der Waals surface area contributed by atoms with Gasteiger partial charge in [0.1, 0.15) is 0 Å². The van der Waals surface area contributed by atoms with Crippen molar-refractivity contribution >= 4 is 18.3 Å². The molecule has 1 aliphatic heterocycles. The van der Waals surface area contributed by atoms with Crippen molar-refractivity contribution in [3.63, 3.8) is 0 Å². The Labute approximate surface area is 155 Å². The van der Waals surface area contributed by atoms with Crippen LogP contribution in [0, 0.1) is 5.92 Å². The van der Waals surface area contributed by atoms with Crippen molar-refractivity contribution < 1.29 is 9.53 Å². The zero-order valence-corrected chi connectivity index (χ0v) is 15.8. The molecule has 0 radical (unpaired) electrons. The molecule has 0 spiro atoms. The van der Waals surface area contributed by atoms with Gasteiger partial charge in [-0.3, -0.25) is 4.79 Å². The Morgan fingerprint density at radius 3 is 2.84 bits per heavy atom. The highest BCUT2D eigenvalue weighted by Gasteiger charge is 2.22. The predicted molar refractivity (Wildman–Crippen MR) is 98.1 cm³/mol. The quantitative estimate of drug-likeness (QED) is 0.747. The van der Waals surface area contributed by atoms with Gasteiger partial charge in [-0.25, -0.2) is 4.68 Å². The van der Waals surface area contributed by atoms with Crippen molar-refractivity contribution in [1.29, 1.82) is 0 Å². The summed E-state index contributed by atoms with van der Waals surface area (Å²) in [5.74, 6) is 0.454. The molecule has 1 amide bonds. The number of rotatable bonds is 6. The Kier molecular flexibility index (Phi) is 8.12. The fourth-order valence-corrected chi connectivity index (χ4v) is 3.63. The average molecular weight is 372 g/mol. The van der Waals surface area contributed by atoms with Gasteiger partial charge in [0.25, 0.3) is 5.91 Å². The highest BCUT2D eigenvalue weighted by Crippen LogP contribution is 2.26. The average Bonchev–Trinajstić information content (AvgIpc) is 3.11. The molecule has 2 aliphatic rings. The number of nitrogens with one attached hydrogen (secondary N) is 2. The minimum atomic E-state index is -0.171. The van der Waals surface area contributed by atoms with Gasteiger partial charge in [-0.2, -0.15) is 0 Å². The van der Waals surface area contributed by atoms with Gasteiger partial charge in [-0.1, -0.05) is 25.0 Å². The number of carbonyl (C=O) groups is 1. The molecule has 8 heteroatoms. The fourth-order valence-electron chi connectivity index (χ4n) is 3.63. The summed E-state index contributed by atoms with van der Waals surface area (Å²) in [5, 5.41) is 14.3. The number of ether oxygens (including phenoxy) is 1. The minimum Gasteiger partial charge on any atom is -0.376 e. The van der Waals surface area contributed by atoms with Crippen LogP contribution in [0.25, 0.3) is 0 Å². The van der Waals surface area contributed by atoms with Crippen molar-refractivity contribution in [1.82, 2.24) is 25.6 Å². The molecule has 2 heterocycles. The molecule has 1 aromatic rings. The first kappa shape index (κ1) is 20.1. The summed E-state index contributed by atoms with van der Waals surface area (Å²) in [5.41, 5.74) is 0.388. The van der Waals surface area contributed by atoms with Crippen LogP contribution in [0.1, 0.15) is 62.0 Å². The van der Waals surface area contributed by atoms with E-state index in [9.17, 15) is 4.79 Å². The molecule has 2 unspecified atom stereocenters. The summed E-state index contributed by atoms with van der Waals surface area (Å²) < 4.78 is 7.75. The fraction of sp³-hybridized carbons (Fsp3) is 0.824. The maximum absolute atomic E-state index is 12.2. The van der Waals surface area contributed by atoms with Gasteiger partial charge in [-0.05, 0) is 44.7 Å². The van der Waals surface area contributed by atoms with Crippen LogP contribution in [0.2, 0.25) is 0 Å². The maximum Gasteiger partial charge on any atom is 0.273 e. The van der Waals surface area contributed by atoms with E-state index in [1.54, 1.807) is 6.20 Å². The lowest BCUT2D eigenvalue weighted by molar-refractivity contribution is -0.00295. The van der Waals surface area contributed by atoms with Crippen LogP contribution < -0.4 is 10.6 Å². The second-order valence-corrected chi connectivity index (χ2v) is 6.99. The third-order valence-electron chi connectivity index (χ3n) is 5.18. The van der Waals surface area contributed by atoms with E-state index in [4.69, 9.17) is 4.74 Å². The van der Waals surface area contributed by atoms with E-state index in [1.807, 2.05) is 4.68 Å². The van der Waals surface area contributed by atoms with E-state index in [1.165, 1.54) is 19.3 Å². The minimum absolute atomic E-state index is 0. The third kappa shape index (κ3) is 5.66. The lowest BCUT2D eigenvalue weighted by atomic mass is 9.88. The number of amides is 1. The normalized spacial score (nSPS) is 24.5. The Morgan fingerprint density at radius 2 is 2.08 bits per heavy atom. The van der Waals surface area contributed by atoms with E-state index >= 15 is 0 Å². The van der Waals surface area contributed by atoms with E-state index in [-0.39, 0.29) is 18.3 Å². The SMILES string of the molecule is CC1CCCCC1OCCNC(=O)c1cn(C2CCNCC2)nn1.Cl. The largest absolute Gasteiger partial charge is 0.376 e. The van der Waals surface area contributed by atoms with E-state index in [0.717, 1.165) is 32.4 Å². The molecular formula is C17H30ClN5O2. The second-order valence-electron chi connectivity index (χ2n) is 6.99. The van der Waals surface area contributed by atoms with Gasteiger partial charge in [-0.15, -0.1) is 17.5 Å². The number of hydrogen-bond donors (Lipinski definition) is 2. The van der Waals surface area contributed by atoms with Crippen molar-refractivity contribution in [2.45, 2.75) is 57.6 Å². The van der Waals surface area contributed by atoms with Crippen molar-refractivity contribution in [2.24, 2.45) is 5.92 Å². The number of aromatic nitrogens is 3. The van der Waals surface area contributed by atoms with Gasteiger partial charge >= 0.3 is 0 Å². The molecule has 142 valence electrons. The maximum atomic E-state index is 12.2. The number of halogens is 1. The molecule has 3 rings (SSSR count). The molecule has 2 fully saturated rings. The lowest BCUT2D eigenvalue weighted by Gasteiger charge is -2.28. The molecule has 25 heavy (non-hydrogen) atoms. The summed E-state index contributed by atoms with van der Waals surface area (Å²) in [6.07, 6.45) is 9.10. The van der Waals surface area contributed by atoms with Crippen LogP contribution in [0.3, 0.4) is 0 Å². The Bertz CT molecular complexity index is 533. The van der Waals surface area contributed by atoms with Gasteiger partial charge in [0.15, 0.2) is 5.69 Å². The molecule has 1 aromatic heterocycles. The third-order valence-corrected chi connectivity index (χ3v) is 5.18. The molecular weight excluding hydrogens is 342 g/mol. The van der Waals surface area contributed by atoms with Crippen molar-refractivity contribution in [3.05, 3.63) is 11.9 Å². The summed E-state index contributed by atoms with van der Waals surface area (Å²) >= 11 is 0. The van der Waals surface area contributed by atoms with E-state index in [0.29, 0.717) is 36.9 Å². The molecule has 2 N–H and O–H groups in total. The Hall–Kier alpha value is -1.18. The highest BCUT2D eigenvalue weighted by atomic mass is 35.5. The van der Waals surface area contributed by atoms with Crippen LogP contribution in [-0.2, 0) is 4.74 Å². The summed E-state index contributed by atoms with van der Waals surface area (Å²) in [6, 6.07) is 0.344. The smallest absolute Gasteiger partial charge is 0.273 e. The molecule has 1 saturated heterocycles. The van der Waals surface area contributed by atoms with Crippen LogP contribution in [0.15, 0.2) is 6.20 Å². The molecule has 7 nitrogen and oxygen atoms in total. The Balaban J connectivity index is 0.00000225. The Morgan fingerprint density at radius 1 is 1.32 bits per heavy atom. The molecule has 1 saturated carbocycles. The summed E-state index contributed by atoms with van der Waals surface area (Å²) in [4.78, 5) is 12.2. The van der Waals surface area contributed by atoms with Crippen LogP contribution in [0.5, 0.6) is 0 Å². The van der Waals surface area contributed by atoms with Gasteiger partial charge < -0.3 is 15.4 Å². The molecule has 0 bridgehead atoms. The van der Waals surface area contributed by atoms with Gasteiger partial charge in [0.2, 0.25) is 0 Å². The monoisotopic (exact) mass is 371 g/mol. The number of nitrogens with zero attached hydrogens (tertiary/aromatic N) is 3. The second kappa shape index (κ2) is 10.1. The predicted octanol–water partition coefficient (Wildman–Crippen LogP) is 1.95. The van der Waals surface area contributed by atoms with Crippen LogP contribution in [-0.4, -0.2) is 53.2 Å². The highest BCUT2D eigenvalue weighted by molar-refractivity contribution is 5.91. The number of piperidine rings is 1. The topological polar surface area (TPSA) is 81.1 Å². The van der Waals surface area contributed by atoms with Gasteiger partial charge in [0, 0.05) is 6.54 Å². The summed E-state index contributed by atoms with van der Waals surface area (Å²) in [6.45, 7) is 5.30. The first-order chi connectivity index (χ1) is 11.7. The zero-order valence-electron chi connectivity index (χ0n) is 14.9. The van der Waals surface area contributed by atoms with E-state index in [2.05, 4.69) is 27.9 Å². The number of hydrogen-bond acceptors (Lipinski definition) is 5. The first-order valence-corrected chi connectivity index (χ1v) is 9.26. The first-order valence-electron chi connectivity index (χ1n) is 9.26. The van der Waals surface area contributed by atoms with Crippen LogP contribution >= 0.6 is 12.4 Å². The number of carbonyl (C=O) groups excluding carboxylic acids is 1. The standard InChI is InChI=1S/C17H29N5O2.ClH/c1-13-4-2-3-5-16(13)24-11-10-19-17(23)15-12-22(21-20-15)14-6-8-18-9-7-14;/h12-14,16,18H,2-11H2,1H3,(H,19,23);1H. The molecule has 0 aromatic carbocycles. The van der Waals surface area contributed by atoms with Crippen LogP contribution in [0.4, 0.5) is 0 Å². The molecule has 2 atom stereocenters. The zero-order chi connectivity index (χ0) is 16.8. The lowest BCUT2D eigenvalue weighted by Crippen LogP contribution is -2.32. The van der Waals surface area contributed by atoms with Crippen molar-refractivity contribution in [3.8, 4) is 0 Å². The van der Waals surface area contributed by atoms with Crippen molar-refractivity contribution in [2.75, 3.05) is 26.2 Å². The molecule has 1 aliphatic carbocycles. The van der Waals surface area contributed by atoms with E-state index < -0.39 is 0 Å². The summed E-state index contributed by atoms with van der Waals surface area (Å²) in [7, 11) is 0. The van der Waals surface area contributed by atoms with Gasteiger partial charge in [0.05, 0.1) is 24.9 Å².